The third-order valence-electron chi connectivity index (χ3n) is 1.84. The van der Waals surface area contributed by atoms with Crippen LogP contribution >= 0.6 is 11.6 Å². The first kappa shape index (κ1) is 10.3. The quantitative estimate of drug-likeness (QED) is 0.443. The highest BCUT2D eigenvalue weighted by molar-refractivity contribution is 6.30. The topological polar surface area (TPSA) is 38.0 Å². The van der Waals surface area contributed by atoms with Gasteiger partial charge in [-0.15, -0.1) is 0 Å². The van der Waals surface area contributed by atoms with E-state index in [2.05, 4.69) is 12.0 Å². The number of rotatable bonds is 3. The molecule has 70 valence electrons. The van der Waals surface area contributed by atoms with Crippen LogP contribution in [0.25, 0.3) is 0 Å². The maximum absolute atomic E-state index is 5.85. The molecule has 1 aromatic rings. The van der Waals surface area contributed by atoms with Crippen LogP contribution in [0.15, 0.2) is 36.4 Å². The molecule has 0 aromatic heterocycles. The van der Waals surface area contributed by atoms with Gasteiger partial charge in [-0.25, -0.2) is 5.43 Å². The van der Waals surface area contributed by atoms with E-state index in [1.54, 1.807) is 0 Å². The third kappa shape index (κ3) is 2.56. The molecular weight excluding hydrogens is 184 g/mol. The van der Waals surface area contributed by atoms with E-state index in [1.807, 2.05) is 31.2 Å². The van der Waals surface area contributed by atoms with Gasteiger partial charge in [0.25, 0.3) is 0 Å². The van der Waals surface area contributed by atoms with E-state index in [4.69, 9.17) is 17.4 Å². The van der Waals surface area contributed by atoms with Crippen LogP contribution in [0, 0.1) is 0 Å². The molecule has 0 radical (unpaired) electrons. The number of hydrogen-bond donors (Lipinski definition) is 2. The normalized spacial score (nSPS) is 12.5. The smallest absolute Gasteiger partial charge is 0.0665 e. The van der Waals surface area contributed by atoms with Crippen LogP contribution in [0.3, 0.4) is 0 Å². The summed E-state index contributed by atoms with van der Waals surface area (Å²) in [4.78, 5) is 0. The molecule has 0 heterocycles. The van der Waals surface area contributed by atoms with Gasteiger partial charge in [0.05, 0.1) is 6.04 Å². The highest BCUT2D eigenvalue weighted by atomic mass is 35.5. The van der Waals surface area contributed by atoms with E-state index in [9.17, 15) is 0 Å². The maximum Gasteiger partial charge on any atom is 0.0665 e. The second-order valence-corrected chi connectivity index (χ2v) is 3.44. The summed E-state index contributed by atoms with van der Waals surface area (Å²) >= 11 is 5.85. The molecule has 0 bridgehead atoms. The molecule has 0 spiro atoms. The summed E-state index contributed by atoms with van der Waals surface area (Å²) in [5, 5.41) is 0.707. The number of benzene rings is 1. The van der Waals surface area contributed by atoms with Crippen molar-refractivity contribution in [3.8, 4) is 0 Å². The van der Waals surface area contributed by atoms with E-state index in [0.29, 0.717) is 5.02 Å². The Kier molecular flexibility index (Phi) is 3.48. The Morgan fingerprint density at radius 1 is 1.62 bits per heavy atom. The summed E-state index contributed by atoms with van der Waals surface area (Å²) < 4.78 is 0. The lowest BCUT2D eigenvalue weighted by atomic mass is 10.0. The Bertz CT molecular complexity index is 310. The molecule has 1 atom stereocenters. The van der Waals surface area contributed by atoms with Crippen molar-refractivity contribution < 1.29 is 0 Å². The lowest BCUT2D eigenvalue weighted by molar-refractivity contribution is 0.627. The summed E-state index contributed by atoms with van der Waals surface area (Å²) in [6, 6.07) is 7.53. The van der Waals surface area contributed by atoms with E-state index < -0.39 is 0 Å². The van der Waals surface area contributed by atoms with Crippen LogP contribution < -0.4 is 11.3 Å². The fourth-order valence-corrected chi connectivity index (χ4v) is 1.41. The summed E-state index contributed by atoms with van der Waals surface area (Å²) in [5.41, 5.74) is 4.68. The first-order chi connectivity index (χ1) is 6.15. The molecule has 0 saturated carbocycles. The second kappa shape index (κ2) is 4.42. The molecule has 1 unspecified atom stereocenters. The summed E-state index contributed by atoms with van der Waals surface area (Å²) in [6.07, 6.45) is 0. The van der Waals surface area contributed by atoms with Crippen molar-refractivity contribution in [1.29, 1.82) is 0 Å². The predicted octanol–water partition coefficient (Wildman–Crippen LogP) is 2.42. The van der Waals surface area contributed by atoms with Gasteiger partial charge in [0, 0.05) is 5.02 Å². The van der Waals surface area contributed by atoms with E-state index >= 15 is 0 Å². The monoisotopic (exact) mass is 196 g/mol. The second-order valence-electron chi connectivity index (χ2n) is 3.00. The molecule has 3 heteroatoms. The van der Waals surface area contributed by atoms with Crippen LogP contribution in [0.1, 0.15) is 18.5 Å². The average Bonchev–Trinajstić information content (AvgIpc) is 2.04. The van der Waals surface area contributed by atoms with E-state index in [-0.39, 0.29) is 6.04 Å². The van der Waals surface area contributed by atoms with Crippen LogP contribution in [-0.4, -0.2) is 0 Å². The standard InChI is InChI=1S/C10H13ClN2/c1-7(2)10(13-12)8-4-3-5-9(11)6-8/h3-6,10,13H,1,12H2,2H3. The molecule has 13 heavy (non-hydrogen) atoms. The van der Waals surface area contributed by atoms with Crippen molar-refractivity contribution in [2.45, 2.75) is 13.0 Å². The fraction of sp³-hybridized carbons (Fsp3) is 0.200. The van der Waals surface area contributed by atoms with Crippen molar-refractivity contribution in [2.24, 2.45) is 5.84 Å². The minimum atomic E-state index is -0.0290. The van der Waals surface area contributed by atoms with Gasteiger partial charge in [-0.1, -0.05) is 35.9 Å². The van der Waals surface area contributed by atoms with Gasteiger partial charge in [-0.2, -0.15) is 0 Å². The van der Waals surface area contributed by atoms with Crippen molar-refractivity contribution in [3.05, 3.63) is 47.0 Å². The molecule has 0 fully saturated rings. The molecule has 1 rings (SSSR count). The van der Waals surface area contributed by atoms with E-state index in [0.717, 1.165) is 11.1 Å². The largest absolute Gasteiger partial charge is 0.271 e. The Morgan fingerprint density at radius 3 is 2.77 bits per heavy atom. The lowest BCUT2D eigenvalue weighted by Gasteiger charge is -2.16. The Hall–Kier alpha value is -0.830. The number of nitrogens with two attached hydrogens (primary N) is 1. The van der Waals surface area contributed by atoms with Crippen molar-refractivity contribution in [3.63, 3.8) is 0 Å². The Morgan fingerprint density at radius 2 is 2.31 bits per heavy atom. The van der Waals surface area contributed by atoms with Gasteiger partial charge in [0.15, 0.2) is 0 Å². The minimum absolute atomic E-state index is 0.0290. The van der Waals surface area contributed by atoms with Crippen LogP contribution in [-0.2, 0) is 0 Å². The first-order valence-electron chi connectivity index (χ1n) is 4.02. The SMILES string of the molecule is C=C(C)C(NN)c1cccc(Cl)c1. The molecule has 0 saturated heterocycles. The Balaban J connectivity index is 2.98. The molecule has 3 N–H and O–H groups in total. The molecule has 0 aliphatic carbocycles. The van der Waals surface area contributed by atoms with Crippen LogP contribution in [0.5, 0.6) is 0 Å². The number of nitrogens with one attached hydrogen (secondary N) is 1. The molecule has 2 nitrogen and oxygen atoms in total. The number of hydrogen-bond acceptors (Lipinski definition) is 2. The Labute approximate surface area is 83.4 Å². The fourth-order valence-electron chi connectivity index (χ4n) is 1.21. The molecule has 0 amide bonds. The average molecular weight is 197 g/mol. The van der Waals surface area contributed by atoms with Crippen molar-refractivity contribution in [1.82, 2.24) is 5.43 Å². The molecular formula is C10H13ClN2. The molecule has 0 aliphatic heterocycles. The van der Waals surface area contributed by atoms with Gasteiger partial charge in [0.2, 0.25) is 0 Å². The van der Waals surface area contributed by atoms with Gasteiger partial charge < -0.3 is 0 Å². The highest BCUT2D eigenvalue weighted by Gasteiger charge is 2.09. The van der Waals surface area contributed by atoms with Gasteiger partial charge in [-0.3, -0.25) is 5.84 Å². The summed E-state index contributed by atoms with van der Waals surface area (Å²) in [7, 11) is 0. The number of halogens is 1. The minimum Gasteiger partial charge on any atom is -0.271 e. The van der Waals surface area contributed by atoms with E-state index in [1.165, 1.54) is 0 Å². The van der Waals surface area contributed by atoms with Gasteiger partial charge >= 0.3 is 0 Å². The van der Waals surface area contributed by atoms with Crippen molar-refractivity contribution >= 4 is 11.6 Å². The highest BCUT2D eigenvalue weighted by Crippen LogP contribution is 2.21. The van der Waals surface area contributed by atoms with Crippen LogP contribution in [0.2, 0.25) is 5.02 Å². The molecule has 1 aromatic carbocycles. The summed E-state index contributed by atoms with van der Waals surface area (Å²) in [5.74, 6) is 5.40. The maximum atomic E-state index is 5.85. The van der Waals surface area contributed by atoms with Gasteiger partial charge in [-0.05, 0) is 24.6 Å². The van der Waals surface area contributed by atoms with Crippen molar-refractivity contribution in [2.75, 3.05) is 0 Å². The first-order valence-corrected chi connectivity index (χ1v) is 4.40. The zero-order valence-corrected chi connectivity index (χ0v) is 8.31. The lowest BCUT2D eigenvalue weighted by Crippen LogP contribution is -2.28. The predicted molar refractivity (Wildman–Crippen MR) is 56.3 cm³/mol. The number of hydrazine groups is 1. The zero-order chi connectivity index (χ0) is 9.84. The molecule has 0 aliphatic rings. The van der Waals surface area contributed by atoms with Gasteiger partial charge in [0.1, 0.15) is 0 Å². The third-order valence-corrected chi connectivity index (χ3v) is 2.08. The zero-order valence-electron chi connectivity index (χ0n) is 7.55. The summed E-state index contributed by atoms with van der Waals surface area (Å²) in [6.45, 7) is 5.77. The van der Waals surface area contributed by atoms with Crippen LogP contribution in [0.4, 0.5) is 0 Å².